The summed E-state index contributed by atoms with van der Waals surface area (Å²) < 4.78 is 5.52. The van der Waals surface area contributed by atoms with Gasteiger partial charge < -0.3 is 14.8 Å². The summed E-state index contributed by atoms with van der Waals surface area (Å²) in [5.41, 5.74) is 0.727. The number of nitrogens with one attached hydrogen (secondary N) is 1. The lowest BCUT2D eigenvalue weighted by Gasteiger charge is -2.03. The van der Waals surface area contributed by atoms with E-state index in [9.17, 15) is 9.59 Å². The van der Waals surface area contributed by atoms with Gasteiger partial charge in [-0.05, 0) is 37.1 Å². The van der Waals surface area contributed by atoms with Crippen molar-refractivity contribution < 1.29 is 19.1 Å². The average Bonchev–Trinajstić information content (AvgIpc) is 2.96. The molecule has 1 heterocycles. The molecule has 6 heteroatoms. The summed E-state index contributed by atoms with van der Waals surface area (Å²) in [6.45, 7) is 0.411. The van der Waals surface area contributed by atoms with Crippen molar-refractivity contribution in [2.75, 3.05) is 6.54 Å². The van der Waals surface area contributed by atoms with Crippen molar-refractivity contribution in [3.63, 3.8) is 0 Å². The van der Waals surface area contributed by atoms with Crippen LogP contribution in [0.25, 0.3) is 11.3 Å². The molecule has 1 aromatic carbocycles. The summed E-state index contributed by atoms with van der Waals surface area (Å²) in [6, 6.07) is 10.5. The Hall–Kier alpha value is -2.27. The van der Waals surface area contributed by atoms with E-state index in [2.05, 4.69) is 5.32 Å². The van der Waals surface area contributed by atoms with Crippen LogP contribution in [-0.2, 0) is 4.79 Å². The van der Waals surface area contributed by atoms with Crippen molar-refractivity contribution in [2.45, 2.75) is 19.3 Å². The molecule has 0 aliphatic rings. The third-order valence-electron chi connectivity index (χ3n) is 3.07. The van der Waals surface area contributed by atoms with Gasteiger partial charge in [-0.25, -0.2) is 0 Å². The molecule has 0 radical (unpaired) electrons. The lowest BCUT2D eigenvalue weighted by molar-refractivity contribution is -0.137. The Kier molecular flexibility index (Phi) is 5.61. The highest BCUT2D eigenvalue weighted by Crippen LogP contribution is 2.28. The van der Waals surface area contributed by atoms with Crippen LogP contribution < -0.4 is 5.32 Å². The number of halogens is 1. The fourth-order valence-electron chi connectivity index (χ4n) is 1.96. The highest BCUT2D eigenvalue weighted by molar-refractivity contribution is 6.33. The molecule has 0 saturated carbocycles. The van der Waals surface area contributed by atoms with Crippen LogP contribution >= 0.6 is 11.6 Å². The summed E-state index contributed by atoms with van der Waals surface area (Å²) in [4.78, 5) is 22.3. The molecule has 116 valence electrons. The van der Waals surface area contributed by atoms with Crippen molar-refractivity contribution in [3.05, 3.63) is 47.2 Å². The van der Waals surface area contributed by atoms with E-state index in [0.29, 0.717) is 30.2 Å². The van der Waals surface area contributed by atoms with Gasteiger partial charge in [0.25, 0.3) is 5.91 Å². The SMILES string of the molecule is O=C(O)CCCCNC(=O)c1ccc(-c2ccccc2Cl)o1. The van der Waals surface area contributed by atoms with Crippen LogP contribution in [0.2, 0.25) is 5.02 Å². The van der Waals surface area contributed by atoms with Crippen molar-refractivity contribution in [3.8, 4) is 11.3 Å². The van der Waals surface area contributed by atoms with Crippen molar-refractivity contribution in [1.82, 2.24) is 5.32 Å². The summed E-state index contributed by atoms with van der Waals surface area (Å²) in [5.74, 6) is -0.426. The van der Waals surface area contributed by atoms with Gasteiger partial charge in [-0.2, -0.15) is 0 Å². The quantitative estimate of drug-likeness (QED) is 0.764. The number of carboxylic acid groups (broad SMARTS) is 1. The number of furan rings is 1. The van der Waals surface area contributed by atoms with E-state index in [4.69, 9.17) is 21.1 Å². The maximum absolute atomic E-state index is 11.9. The van der Waals surface area contributed by atoms with Crippen LogP contribution in [0, 0.1) is 0 Å². The Morgan fingerprint density at radius 1 is 1.14 bits per heavy atom. The Morgan fingerprint density at radius 3 is 2.64 bits per heavy atom. The second-order valence-corrected chi connectivity index (χ2v) is 5.16. The first-order valence-corrected chi connectivity index (χ1v) is 7.30. The number of carboxylic acids is 1. The van der Waals surface area contributed by atoms with Gasteiger partial charge in [0.1, 0.15) is 5.76 Å². The van der Waals surface area contributed by atoms with E-state index in [-0.39, 0.29) is 18.1 Å². The molecule has 0 aliphatic heterocycles. The predicted octanol–water partition coefficient (Wildman–Crippen LogP) is 3.58. The first-order chi connectivity index (χ1) is 10.6. The molecule has 1 amide bonds. The van der Waals surface area contributed by atoms with Crippen LogP contribution in [0.5, 0.6) is 0 Å². The van der Waals surface area contributed by atoms with E-state index < -0.39 is 5.97 Å². The van der Waals surface area contributed by atoms with Gasteiger partial charge in [0.05, 0.1) is 5.02 Å². The number of rotatable bonds is 7. The van der Waals surface area contributed by atoms with Gasteiger partial charge in [-0.15, -0.1) is 0 Å². The molecule has 2 aromatic rings. The summed E-state index contributed by atoms with van der Waals surface area (Å²) in [5, 5.41) is 11.8. The van der Waals surface area contributed by atoms with Crippen molar-refractivity contribution >= 4 is 23.5 Å². The zero-order valence-corrected chi connectivity index (χ0v) is 12.6. The molecule has 2 rings (SSSR count). The molecule has 1 aromatic heterocycles. The van der Waals surface area contributed by atoms with E-state index in [1.165, 1.54) is 0 Å². The van der Waals surface area contributed by atoms with E-state index in [1.54, 1.807) is 18.2 Å². The Labute approximate surface area is 132 Å². The highest BCUT2D eigenvalue weighted by Gasteiger charge is 2.13. The second kappa shape index (κ2) is 7.66. The minimum absolute atomic E-state index is 0.104. The molecular weight excluding hydrogens is 306 g/mol. The van der Waals surface area contributed by atoms with E-state index >= 15 is 0 Å². The minimum Gasteiger partial charge on any atom is -0.481 e. The van der Waals surface area contributed by atoms with Gasteiger partial charge in [0.2, 0.25) is 0 Å². The standard InChI is InChI=1S/C16H16ClNO4/c17-12-6-2-1-5-11(12)13-8-9-14(22-13)16(21)18-10-4-3-7-15(19)20/h1-2,5-6,8-9H,3-4,7,10H2,(H,18,21)(H,19,20). The smallest absolute Gasteiger partial charge is 0.303 e. The van der Waals surface area contributed by atoms with Crippen LogP contribution in [0.15, 0.2) is 40.8 Å². The third-order valence-corrected chi connectivity index (χ3v) is 3.40. The highest BCUT2D eigenvalue weighted by atomic mass is 35.5. The Morgan fingerprint density at radius 2 is 1.91 bits per heavy atom. The fraction of sp³-hybridized carbons (Fsp3) is 0.250. The first-order valence-electron chi connectivity index (χ1n) is 6.92. The molecular formula is C16H16ClNO4. The molecule has 2 N–H and O–H groups in total. The summed E-state index contributed by atoms with van der Waals surface area (Å²) in [6.07, 6.45) is 1.24. The maximum atomic E-state index is 11.9. The summed E-state index contributed by atoms with van der Waals surface area (Å²) in [7, 11) is 0. The molecule has 0 atom stereocenters. The maximum Gasteiger partial charge on any atom is 0.303 e. The lowest BCUT2D eigenvalue weighted by atomic mass is 10.2. The summed E-state index contributed by atoms with van der Waals surface area (Å²) >= 11 is 6.08. The van der Waals surface area contributed by atoms with Gasteiger partial charge >= 0.3 is 5.97 Å². The van der Waals surface area contributed by atoms with Crippen LogP contribution in [-0.4, -0.2) is 23.5 Å². The molecule has 0 bridgehead atoms. The number of carbonyl (C=O) groups is 2. The molecule has 0 unspecified atom stereocenters. The van der Waals surface area contributed by atoms with Crippen LogP contribution in [0.3, 0.4) is 0 Å². The van der Waals surface area contributed by atoms with Crippen LogP contribution in [0.1, 0.15) is 29.8 Å². The number of hydrogen-bond acceptors (Lipinski definition) is 3. The van der Waals surface area contributed by atoms with Gasteiger partial charge in [0.15, 0.2) is 5.76 Å². The molecule has 5 nitrogen and oxygen atoms in total. The zero-order valence-electron chi connectivity index (χ0n) is 11.8. The van der Waals surface area contributed by atoms with Gasteiger partial charge in [-0.1, -0.05) is 23.7 Å². The van der Waals surface area contributed by atoms with Crippen molar-refractivity contribution in [1.29, 1.82) is 0 Å². The third kappa shape index (κ3) is 4.36. The number of amides is 1. The molecule has 0 aliphatic carbocycles. The molecule has 0 saturated heterocycles. The second-order valence-electron chi connectivity index (χ2n) is 4.75. The molecule has 22 heavy (non-hydrogen) atoms. The Balaban J connectivity index is 1.90. The monoisotopic (exact) mass is 321 g/mol. The topological polar surface area (TPSA) is 79.5 Å². The minimum atomic E-state index is -0.832. The molecule has 0 fully saturated rings. The van der Waals surface area contributed by atoms with Crippen molar-refractivity contribution in [2.24, 2.45) is 0 Å². The van der Waals surface area contributed by atoms with Gasteiger partial charge in [0, 0.05) is 18.5 Å². The molecule has 0 spiro atoms. The van der Waals surface area contributed by atoms with E-state index in [0.717, 1.165) is 5.56 Å². The Bertz CT molecular complexity index is 666. The number of unbranched alkanes of at least 4 members (excludes halogenated alkanes) is 1. The first kappa shape index (κ1) is 16.1. The number of hydrogen-bond donors (Lipinski definition) is 2. The number of aliphatic carboxylic acids is 1. The largest absolute Gasteiger partial charge is 0.481 e. The van der Waals surface area contributed by atoms with Gasteiger partial charge in [-0.3, -0.25) is 9.59 Å². The number of benzene rings is 1. The fourth-order valence-corrected chi connectivity index (χ4v) is 2.18. The zero-order chi connectivity index (χ0) is 15.9. The normalized spacial score (nSPS) is 10.4. The van der Waals surface area contributed by atoms with Crippen LogP contribution in [0.4, 0.5) is 0 Å². The van der Waals surface area contributed by atoms with E-state index in [1.807, 2.05) is 18.2 Å². The lowest BCUT2D eigenvalue weighted by Crippen LogP contribution is -2.24. The number of carbonyl (C=O) groups excluding carboxylic acids is 1. The predicted molar refractivity (Wildman–Crippen MR) is 83.0 cm³/mol. The average molecular weight is 322 g/mol.